The van der Waals surface area contributed by atoms with Crippen molar-refractivity contribution in [2.75, 3.05) is 6.61 Å². The maximum atomic E-state index is 10.1. The van der Waals surface area contributed by atoms with Gasteiger partial charge in [0.15, 0.2) is 0 Å². The summed E-state index contributed by atoms with van der Waals surface area (Å²) in [7, 11) is 0. The molecular formula is C6H11ClO3. The molecule has 3 nitrogen and oxygen atoms in total. The van der Waals surface area contributed by atoms with E-state index < -0.39 is 11.7 Å². The van der Waals surface area contributed by atoms with E-state index in [0.29, 0.717) is 6.61 Å². The van der Waals surface area contributed by atoms with Crippen molar-refractivity contribution in [3.05, 3.63) is 0 Å². The summed E-state index contributed by atoms with van der Waals surface area (Å²) in [5.74, 6) is 0. The zero-order valence-corrected chi connectivity index (χ0v) is 6.85. The van der Waals surface area contributed by atoms with Crippen molar-refractivity contribution < 1.29 is 14.3 Å². The van der Waals surface area contributed by atoms with Gasteiger partial charge in [0.1, 0.15) is 0 Å². The van der Waals surface area contributed by atoms with Gasteiger partial charge in [0.2, 0.25) is 6.29 Å². The molecule has 0 aromatic carbocycles. The Balaban J connectivity index is 3.25. The Labute approximate surface area is 65.3 Å². The third-order valence-corrected chi connectivity index (χ3v) is 0.904. The second kappa shape index (κ2) is 5.50. The summed E-state index contributed by atoms with van der Waals surface area (Å²) >= 11 is 4.91. The van der Waals surface area contributed by atoms with Crippen LogP contribution in [0.15, 0.2) is 0 Å². The highest BCUT2D eigenvalue weighted by atomic mass is 35.5. The topological polar surface area (TPSA) is 35.5 Å². The molecule has 0 saturated heterocycles. The fourth-order valence-corrected chi connectivity index (χ4v) is 0.574. The van der Waals surface area contributed by atoms with Gasteiger partial charge in [-0.2, -0.15) is 0 Å². The van der Waals surface area contributed by atoms with Gasteiger partial charge >= 0.3 is 5.43 Å². The van der Waals surface area contributed by atoms with E-state index in [0.717, 1.165) is 6.42 Å². The van der Waals surface area contributed by atoms with E-state index >= 15 is 0 Å². The summed E-state index contributed by atoms with van der Waals surface area (Å²) in [4.78, 5) is 10.1. The monoisotopic (exact) mass is 166 g/mol. The minimum Gasteiger partial charge on any atom is -0.424 e. The van der Waals surface area contributed by atoms with Crippen molar-refractivity contribution in [2.45, 2.75) is 26.6 Å². The first-order chi connectivity index (χ1) is 4.66. The Morgan fingerprint density at radius 1 is 1.70 bits per heavy atom. The van der Waals surface area contributed by atoms with E-state index in [9.17, 15) is 4.79 Å². The Morgan fingerprint density at radius 3 is 2.70 bits per heavy atom. The van der Waals surface area contributed by atoms with Crippen LogP contribution in [0.25, 0.3) is 0 Å². The van der Waals surface area contributed by atoms with Crippen LogP contribution in [-0.2, 0) is 9.47 Å². The van der Waals surface area contributed by atoms with Crippen LogP contribution < -0.4 is 0 Å². The molecule has 0 aromatic heterocycles. The first-order valence-corrected chi connectivity index (χ1v) is 3.52. The van der Waals surface area contributed by atoms with E-state index in [1.165, 1.54) is 0 Å². The van der Waals surface area contributed by atoms with Crippen molar-refractivity contribution in [1.29, 1.82) is 0 Å². The molecular weight excluding hydrogens is 156 g/mol. The van der Waals surface area contributed by atoms with Crippen LogP contribution in [0.5, 0.6) is 0 Å². The molecule has 0 aliphatic rings. The molecule has 4 heteroatoms. The van der Waals surface area contributed by atoms with Crippen LogP contribution >= 0.6 is 11.6 Å². The van der Waals surface area contributed by atoms with Crippen molar-refractivity contribution in [3.8, 4) is 0 Å². The molecule has 0 aliphatic carbocycles. The lowest BCUT2D eigenvalue weighted by Gasteiger charge is -2.10. The Kier molecular flexibility index (Phi) is 5.35. The van der Waals surface area contributed by atoms with Crippen LogP contribution in [-0.4, -0.2) is 18.3 Å². The lowest BCUT2D eigenvalue weighted by atomic mass is 10.5. The minimum atomic E-state index is -0.830. The van der Waals surface area contributed by atoms with Crippen molar-refractivity contribution >= 4 is 17.0 Å². The van der Waals surface area contributed by atoms with E-state index in [4.69, 9.17) is 16.3 Å². The average Bonchev–Trinajstić information content (AvgIpc) is 1.82. The molecule has 0 amide bonds. The maximum absolute atomic E-state index is 10.1. The standard InChI is InChI=1S/C6H11ClO3/c1-3-4-9-5(2)10-6(7)8/h5H,3-4H2,1-2H3. The molecule has 10 heavy (non-hydrogen) atoms. The number of hydrogen-bond acceptors (Lipinski definition) is 3. The number of hydrogen-bond donors (Lipinski definition) is 0. The molecule has 0 rings (SSSR count). The Hall–Kier alpha value is -0.280. The highest BCUT2D eigenvalue weighted by Crippen LogP contribution is 1.98. The van der Waals surface area contributed by atoms with E-state index in [1.807, 2.05) is 6.92 Å². The molecule has 0 N–H and O–H groups in total. The molecule has 60 valence electrons. The molecule has 0 saturated carbocycles. The first-order valence-electron chi connectivity index (χ1n) is 3.14. The van der Waals surface area contributed by atoms with E-state index in [-0.39, 0.29) is 0 Å². The van der Waals surface area contributed by atoms with Crippen LogP contribution in [0.4, 0.5) is 4.79 Å². The largest absolute Gasteiger partial charge is 0.424 e. The van der Waals surface area contributed by atoms with Crippen molar-refractivity contribution in [3.63, 3.8) is 0 Å². The van der Waals surface area contributed by atoms with Crippen LogP contribution in [0, 0.1) is 0 Å². The average molecular weight is 167 g/mol. The van der Waals surface area contributed by atoms with Crippen molar-refractivity contribution in [2.24, 2.45) is 0 Å². The lowest BCUT2D eigenvalue weighted by molar-refractivity contribution is -0.0837. The molecule has 0 aromatic rings. The summed E-state index contributed by atoms with van der Waals surface area (Å²) in [6.45, 7) is 4.16. The second-order valence-corrected chi connectivity index (χ2v) is 2.10. The summed E-state index contributed by atoms with van der Waals surface area (Å²) < 4.78 is 9.43. The summed E-state index contributed by atoms with van der Waals surface area (Å²) in [6, 6.07) is 0. The van der Waals surface area contributed by atoms with Gasteiger partial charge in [-0.15, -0.1) is 0 Å². The number of carbonyl (C=O) groups is 1. The highest BCUT2D eigenvalue weighted by Gasteiger charge is 2.04. The third kappa shape index (κ3) is 5.85. The number of carbonyl (C=O) groups excluding carboxylic acids is 1. The predicted molar refractivity (Wildman–Crippen MR) is 38.0 cm³/mol. The molecule has 0 heterocycles. The third-order valence-electron chi connectivity index (χ3n) is 0.815. The molecule has 0 spiro atoms. The quantitative estimate of drug-likeness (QED) is 0.474. The van der Waals surface area contributed by atoms with Crippen LogP contribution in [0.1, 0.15) is 20.3 Å². The van der Waals surface area contributed by atoms with Gasteiger partial charge in [0, 0.05) is 11.6 Å². The van der Waals surface area contributed by atoms with Gasteiger partial charge < -0.3 is 9.47 Å². The smallest absolute Gasteiger partial charge is 0.406 e. The van der Waals surface area contributed by atoms with E-state index in [2.05, 4.69) is 4.74 Å². The summed E-state index contributed by atoms with van der Waals surface area (Å²) in [5, 5.41) is 0. The van der Waals surface area contributed by atoms with Gasteiger partial charge in [-0.1, -0.05) is 6.92 Å². The van der Waals surface area contributed by atoms with Crippen LogP contribution in [0.3, 0.4) is 0 Å². The fraction of sp³-hybridized carbons (Fsp3) is 0.833. The maximum Gasteiger partial charge on any atom is 0.406 e. The SMILES string of the molecule is CCCOC(C)OC(=O)Cl. The fourth-order valence-electron chi connectivity index (χ4n) is 0.448. The predicted octanol–water partition coefficient (Wildman–Crippen LogP) is 2.13. The molecule has 1 unspecified atom stereocenters. The van der Waals surface area contributed by atoms with Gasteiger partial charge in [-0.3, -0.25) is 0 Å². The lowest BCUT2D eigenvalue weighted by Crippen LogP contribution is -2.14. The van der Waals surface area contributed by atoms with Crippen molar-refractivity contribution in [1.82, 2.24) is 0 Å². The van der Waals surface area contributed by atoms with Gasteiger partial charge in [0.05, 0.1) is 6.61 Å². The molecule has 0 fully saturated rings. The zero-order valence-electron chi connectivity index (χ0n) is 6.09. The molecule has 0 radical (unpaired) electrons. The van der Waals surface area contributed by atoms with Gasteiger partial charge in [-0.05, 0) is 13.3 Å². The van der Waals surface area contributed by atoms with E-state index in [1.54, 1.807) is 6.92 Å². The number of halogens is 1. The molecule has 1 atom stereocenters. The number of rotatable bonds is 4. The highest BCUT2D eigenvalue weighted by molar-refractivity contribution is 6.61. The summed E-state index contributed by atoms with van der Waals surface area (Å²) in [5.41, 5.74) is -0.830. The normalized spacial score (nSPS) is 12.7. The first kappa shape index (κ1) is 9.72. The zero-order chi connectivity index (χ0) is 7.98. The Bertz CT molecular complexity index is 105. The van der Waals surface area contributed by atoms with Gasteiger partial charge in [-0.25, -0.2) is 4.79 Å². The number of ether oxygens (including phenoxy) is 2. The Morgan fingerprint density at radius 2 is 2.30 bits per heavy atom. The minimum absolute atomic E-state index is 0.537. The van der Waals surface area contributed by atoms with Gasteiger partial charge in [0.25, 0.3) is 0 Å². The summed E-state index contributed by atoms with van der Waals surface area (Å²) in [6.07, 6.45) is 0.356. The van der Waals surface area contributed by atoms with Crippen LogP contribution in [0.2, 0.25) is 0 Å². The molecule has 0 bridgehead atoms. The second-order valence-electron chi connectivity index (χ2n) is 1.79. The molecule has 0 aliphatic heterocycles.